The number of hydrogen-bond acceptors (Lipinski definition) is 0. The Hall–Kier alpha value is 1.68. The second-order valence-corrected chi connectivity index (χ2v) is 26.4. The first-order valence-corrected chi connectivity index (χ1v) is 10.6. The molecule has 0 saturated carbocycles. The fourth-order valence-corrected chi connectivity index (χ4v) is 0. The zero-order chi connectivity index (χ0) is 4.50. The zero-order valence-corrected chi connectivity index (χ0v) is 8.57. The van der Waals surface area contributed by atoms with Gasteiger partial charge in [0.15, 0.2) is 3.07 Å². The Morgan fingerprint density at radius 1 is 1.20 bits per heavy atom. The highest BCUT2D eigenvalue weighted by Gasteiger charge is 2.06. The molecule has 0 heterocycles. The largest absolute Gasteiger partial charge is 0.186 e. The van der Waals surface area contributed by atoms with E-state index in [-0.39, 0.29) is 0 Å². The van der Waals surface area contributed by atoms with Gasteiger partial charge in [0.05, 0.1) is 0 Å². The fraction of sp³-hybridized carbons (Fsp3) is 1.00. The van der Waals surface area contributed by atoms with Crippen molar-refractivity contribution in [3.63, 3.8) is 0 Å². The summed E-state index contributed by atoms with van der Waals surface area (Å²) in [5.41, 5.74) is 0. The molecule has 0 aliphatic rings. The SMILES string of the molecule is C[Si](C)(I)I. The molecule has 0 aliphatic heterocycles. The van der Waals surface area contributed by atoms with E-state index in [1.54, 1.807) is 0 Å². The van der Waals surface area contributed by atoms with Crippen molar-refractivity contribution in [2.24, 2.45) is 0 Å². The lowest BCUT2D eigenvalue weighted by atomic mass is 11.9. The highest BCUT2D eigenvalue weighted by Crippen LogP contribution is 2.18. The van der Waals surface area contributed by atoms with Gasteiger partial charge in [-0.25, -0.2) is 0 Å². The molecule has 0 bridgehead atoms. The summed E-state index contributed by atoms with van der Waals surface area (Å²) in [5.74, 6) is 0. The van der Waals surface area contributed by atoms with Gasteiger partial charge in [0.2, 0.25) is 0 Å². The Morgan fingerprint density at radius 3 is 1.20 bits per heavy atom. The van der Waals surface area contributed by atoms with E-state index in [0.717, 1.165) is 0 Å². The molecule has 0 radical (unpaired) electrons. The molecule has 0 aromatic heterocycles. The summed E-state index contributed by atoms with van der Waals surface area (Å²) in [6, 6.07) is 0. The molecular weight excluding hydrogens is 306 g/mol. The minimum absolute atomic E-state index is 0.671. The number of rotatable bonds is 0. The number of halogens is 2. The molecule has 0 aromatic rings. The van der Waals surface area contributed by atoms with Gasteiger partial charge in [0.25, 0.3) is 0 Å². The van der Waals surface area contributed by atoms with Crippen LogP contribution in [0, 0.1) is 0 Å². The van der Waals surface area contributed by atoms with Crippen LogP contribution in [0.15, 0.2) is 0 Å². The van der Waals surface area contributed by atoms with E-state index in [0.29, 0.717) is 0 Å². The van der Waals surface area contributed by atoms with Gasteiger partial charge in [-0.05, 0) is 0 Å². The van der Waals surface area contributed by atoms with Crippen LogP contribution in [0.5, 0.6) is 0 Å². The van der Waals surface area contributed by atoms with Gasteiger partial charge in [0, 0.05) is 0 Å². The third kappa shape index (κ3) is 27.3. The van der Waals surface area contributed by atoms with Crippen molar-refractivity contribution in [3.8, 4) is 0 Å². The molecule has 0 rings (SSSR count). The van der Waals surface area contributed by atoms with Crippen LogP contribution in [-0.2, 0) is 0 Å². The van der Waals surface area contributed by atoms with Crippen molar-refractivity contribution in [1.29, 1.82) is 0 Å². The van der Waals surface area contributed by atoms with Gasteiger partial charge >= 0.3 is 0 Å². The van der Waals surface area contributed by atoms with Gasteiger partial charge in [-0.1, -0.05) is 13.1 Å². The quantitative estimate of drug-likeness (QED) is 0.366. The average molecular weight is 312 g/mol. The van der Waals surface area contributed by atoms with Crippen LogP contribution < -0.4 is 0 Å². The highest BCUT2D eigenvalue weighted by molar-refractivity contribution is 14.3. The van der Waals surface area contributed by atoms with Crippen molar-refractivity contribution in [2.45, 2.75) is 13.1 Å². The summed E-state index contributed by atoms with van der Waals surface area (Å²) >= 11 is 5.01. The van der Waals surface area contributed by atoms with Crippen LogP contribution in [0.25, 0.3) is 0 Å². The Morgan fingerprint density at radius 2 is 1.20 bits per heavy atom. The second-order valence-electron chi connectivity index (χ2n) is 1.33. The summed E-state index contributed by atoms with van der Waals surface area (Å²) in [6.07, 6.45) is 0. The zero-order valence-electron chi connectivity index (χ0n) is 3.26. The monoisotopic (exact) mass is 312 g/mol. The van der Waals surface area contributed by atoms with E-state index in [1.165, 1.54) is 0 Å². The Labute approximate surface area is 59.2 Å². The van der Waals surface area contributed by atoms with Crippen LogP contribution in [0.3, 0.4) is 0 Å². The standard InChI is InChI=1S/C2H6I2Si/c1-5(2,3)4/h1-2H3. The van der Waals surface area contributed by atoms with E-state index >= 15 is 0 Å². The molecule has 3 heteroatoms. The van der Waals surface area contributed by atoms with E-state index in [9.17, 15) is 0 Å². The molecule has 5 heavy (non-hydrogen) atoms. The van der Waals surface area contributed by atoms with Crippen LogP contribution in [-0.4, -0.2) is 3.07 Å². The van der Waals surface area contributed by atoms with Crippen LogP contribution >= 0.6 is 43.6 Å². The fourth-order valence-electron chi connectivity index (χ4n) is 0. The van der Waals surface area contributed by atoms with Crippen molar-refractivity contribution < 1.29 is 0 Å². The predicted molar refractivity (Wildman–Crippen MR) is 45.5 cm³/mol. The van der Waals surface area contributed by atoms with Gasteiger partial charge in [-0.3, -0.25) is 0 Å². The average Bonchev–Trinajstić information content (AvgIpc) is 0.722. The molecule has 0 atom stereocenters. The first-order chi connectivity index (χ1) is 2.00. The molecule has 0 saturated heterocycles. The maximum absolute atomic E-state index is 2.50. The summed E-state index contributed by atoms with van der Waals surface area (Å²) in [4.78, 5) is 0. The lowest BCUT2D eigenvalue weighted by molar-refractivity contribution is 2.12. The highest BCUT2D eigenvalue weighted by atomic mass is 127. The van der Waals surface area contributed by atoms with E-state index in [4.69, 9.17) is 0 Å². The molecule has 0 aliphatic carbocycles. The Kier molecular flexibility index (Phi) is 2.81. The maximum Gasteiger partial charge on any atom is 0.186 e. The maximum atomic E-state index is 2.50. The van der Waals surface area contributed by atoms with E-state index < -0.39 is 3.07 Å². The third-order valence-corrected chi connectivity index (χ3v) is 0. The van der Waals surface area contributed by atoms with Crippen LogP contribution in [0.4, 0.5) is 0 Å². The van der Waals surface area contributed by atoms with Crippen LogP contribution in [0.2, 0.25) is 13.1 Å². The third-order valence-electron chi connectivity index (χ3n) is 0. The summed E-state index contributed by atoms with van der Waals surface area (Å²) < 4.78 is -0.671. The van der Waals surface area contributed by atoms with Gasteiger partial charge in [-0.15, -0.1) is 43.6 Å². The summed E-state index contributed by atoms with van der Waals surface area (Å²) in [5, 5.41) is 0. The molecule has 0 aromatic carbocycles. The minimum atomic E-state index is -0.671. The first-order valence-electron chi connectivity index (χ1n) is 1.38. The predicted octanol–water partition coefficient (Wildman–Crippen LogP) is 2.56. The molecule has 0 nitrogen and oxygen atoms in total. The summed E-state index contributed by atoms with van der Waals surface area (Å²) in [6.45, 7) is 4.60. The van der Waals surface area contributed by atoms with Gasteiger partial charge < -0.3 is 0 Å². The smallest absolute Gasteiger partial charge is 0.105 e. The van der Waals surface area contributed by atoms with Crippen LogP contribution in [0.1, 0.15) is 0 Å². The molecule has 0 unspecified atom stereocenters. The van der Waals surface area contributed by atoms with E-state index in [1.807, 2.05) is 0 Å². The first kappa shape index (κ1) is 6.68. The summed E-state index contributed by atoms with van der Waals surface area (Å²) in [7, 11) is 0. The molecular formula is C2H6I2Si. The molecule has 0 spiro atoms. The van der Waals surface area contributed by atoms with Gasteiger partial charge in [0.1, 0.15) is 0 Å². The topological polar surface area (TPSA) is 0 Å². The normalized spacial score (nSPS) is 12.0. The number of hydrogen-bond donors (Lipinski definition) is 0. The molecule has 32 valence electrons. The lowest BCUT2D eigenvalue weighted by Crippen LogP contribution is -1.98. The molecule has 0 fully saturated rings. The second kappa shape index (κ2) is 2.11. The van der Waals surface area contributed by atoms with Crippen molar-refractivity contribution in [2.75, 3.05) is 0 Å². The molecule has 0 amide bonds. The van der Waals surface area contributed by atoms with E-state index in [2.05, 4.69) is 56.7 Å². The van der Waals surface area contributed by atoms with Crippen molar-refractivity contribution in [3.05, 3.63) is 0 Å². The Bertz CT molecular complexity index is 23.1. The van der Waals surface area contributed by atoms with Crippen molar-refractivity contribution >= 4 is 46.7 Å². The lowest BCUT2D eigenvalue weighted by Gasteiger charge is -1.95. The van der Waals surface area contributed by atoms with Gasteiger partial charge in [-0.2, -0.15) is 0 Å². The Balaban J connectivity index is 3.02. The molecule has 0 N–H and O–H groups in total. The van der Waals surface area contributed by atoms with Crippen molar-refractivity contribution in [1.82, 2.24) is 0 Å². The minimum Gasteiger partial charge on any atom is -0.105 e.